The summed E-state index contributed by atoms with van der Waals surface area (Å²) in [5, 5.41) is -7.11. The van der Waals surface area contributed by atoms with Crippen molar-refractivity contribution in [2.75, 3.05) is 0 Å². The topological polar surface area (TPSA) is 66.0 Å². The Labute approximate surface area is 186 Å². The van der Waals surface area contributed by atoms with Crippen LogP contribution in [0.1, 0.15) is 58.8 Å². The summed E-state index contributed by atoms with van der Waals surface area (Å²) in [5.74, 6) is -14.8. The molecule has 1 aromatic rings. The van der Waals surface area contributed by atoms with Crippen molar-refractivity contribution in [1.29, 1.82) is 0 Å². The minimum Gasteiger partial charge on any atom is -0.743 e. The van der Waals surface area contributed by atoms with E-state index in [9.17, 15) is 52.5 Å². The predicted octanol–water partition coefficient (Wildman–Crippen LogP) is 5.50. The molecule has 5 nitrogen and oxygen atoms in total. The molecular formula is C18H27F9N2O3S. The number of alkyl halides is 9. The molecule has 1 heterocycles. The number of unbranched alkanes of at least 4 members (excludes halogenated alkanes) is 5. The molecule has 196 valence electrons. The smallest absolute Gasteiger partial charge is 0.460 e. The summed E-state index contributed by atoms with van der Waals surface area (Å²) in [6.07, 6.45) is 8.83. The zero-order valence-electron chi connectivity index (χ0n) is 18.0. The standard InChI is InChI=1S/C14H27N2.C4HF9O3S/c1-3-5-7-9-11-16-13-12-15(14-16)10-8-6-4-2;5-1(6,3(9,10)11)2(7,8)4(12,13)17(14,15)16/h12-14H,3-11H2,1-2H3;(H,14,15,16)/q+1;/p-1. The Kier molecular flexibility index (Phi) is 11.7. The van der Waals surface area contributed by atoms with Gasteiger partial charge in [-0.15, -0.1) is 0 Å². The average molecular weight is 522 g/mol. The van der Waals surface area contributed by atoms with Crippen molar-refractivity contribution in [2.24, 2.45) is 0 Å². The molecule has 33 heavy (non-hydrogen) atoms. The van der Waals surface area contributed by atoms with Crippen LogP contribution in [0.15, 0.2) is 18.7 Å². The van der Waals surface area contributed by atoms with E-state index in [4.69, 9.17) is 0 Å². The van der Waals surface area contributed by atoms with Crippen LogP contribution < -0.4 is 4.57 Å². The summed E-state index contributed by atoms with van der Waals surface area (Å²) in [4.78, 5) is 0. The summed E-state index contributed by atoms with van der Waals surface area (Å²) in [6, 6.07) is 0. The van der Waals surface area contributed by atoms with Crippen molar-refractivity contribution in [1.82, 2.24) is 4.57 Å². The molecule has 0 bridgehead atoms. The third kappa shape index (κ3) is 8.34. The van der Waals surface area contributed by atoms with Crippen molar-refractivity contribution >= 4 is 10.1 Å². The van der Waals surface area contributed by atoms with Gasteiger partial charge in [0.25, 0.3) is 0 Å². The van der Waals surface area contributed by atoms with Gasteiger partial charge in [-0.1, -0.05) is 33.1 Å². The van der Waals surface area contributed by atoms with Crippen LogP contribution in [0.4, 0.5) is 39.5 Å². The van der Waals surface area contributed by atoms with Crippen LogP contribution >= 0.6 is 0 Å². The first-order valence-electron chi connectivity index (χ1n) is 10.1. The second kappa shape index (κ2) is 12.3. The second-order valence-corrected chi connectivity index (χ2v) is 8.70. The van der Waals surface area contributed by atoms with Gasteiger partial charge in [0.05, 0.1) is 13.1 Å². The van der Waals surface area contributed by atoms with Crippen LogP contribution in [-0.4, -0.2) is 40.8 Å². The molecule has 0 fully saturated rings. The number of halogens is 9. The highest BCUT2D eigenvalue weighted by Gasteiger charge is 2.83. The summed E-state index contributed by atoms with van der Waals surface area (Å²) in [7, 11) is -7.42. The van der Waals surface area contributed by atoms with Crippen molar-refractivity contribution in [2.45, 2.75) is 95.2 Å². The second-order valence-electron chi connectivity index (χ2n) is 7.27. The van der Waals surface area contributed by atoms with Crippen LogP contribution in [0, 0.1) is 0 Å². The molecule has 0 aliphatic heterocycles. The molecule has 0 amide bonds. The van der Waals surface area contributed by atoms with E-state index < -0.39 is 33.4 Å². The Morgan fingerprint density at radius 1 is 0.818 bits per heavy atom. The molecule has 0 atom stereocenters. The Hall–Kier alpha value is -1.51. The molecule has 0 aromatic carbocycles. The number of rotatable bonds is 12. The fraction of sp³-hybridized carbons (Fsp3) is 0.833. The molecule has 0 saturated carbocycles. The highest BCUT2D eigenvalue weighted by atomic mass is 32.2. The normalized spacial score (nSPS) is 13.6. The Morgan fingerprint density at radius 2 is 1.33 bits per heavy atom. The summed E-state index contributed by atoms with van der Waals surface area (Å²) < 4.78 is 140. The monoisotopic (exact) mass is 522 g/mol. The number of hydrogen-bond acceptors (Lipinski definition) is 3. The first kappa shape index (κ1) is 31.5. The summed E-state index contributed by atoms with van der Waals surface area (Å²) >= 11 is 0. The lowest BCUT2D eigenvalue weighted by Gasteiger charge is -2.34. The number of aromatic nitrogens is 2. The highest BCUT2D eigenvalue weighted by Crippen LogP contribution is 2.54. The van der Waals surface area contributed by atoms with E-state index in [-0.39, 0.29) is 0 Å². The molecule has 1 rings (SSSR count). The average Bonchev–Trinajstić information content (AvgIpc) is 3.11. The zero-order valence-corrected chi connectivity index (χ0v) is 18.8. The predicted molar refractivity (Wildman–Crippen MR) is 98.9 cm³/mol. The van der Waals surface area contributed by atoms with Gasteiger partial charge in [-0.3, -0.25) is 0 Å². The molecule has 1 aromatic heterocycles. The maximum atomic E-state index is 12.2. The molecule has 15 heteroatoms. The van der Waals surface area contributed by atoms with Gasteiger partial charge < -0.3 is 4.55 Å². The van der Waals surface area contributed by atoms with E-state index >= 15 is 0 Å². The third-order valence-electron chi connectivity index (χ3n) is 4.47. The number of aryl methyl sites for hydroxylation is 2. The first-order valence-corrected chi connectivity index (χ1v) is 11.5. The zero-order chi connectivity index (χ0) is 26.1. The van der Waals surface area contributed by atoms with Gasteiger partial charge in [0.15, 0.2) is 10.1 Å². The van der Waals surface area contributed by atoms with Gasteiger partial charge in [0.1, 0.15) is 12.4 Å². The van der Waals surface area contributed by atoms with E-state index in [1.807, 2.05) is 0 Å². The quantitative estimate of drug-likeness (QED) is 0.158. The minimum absolute atomic E-state index is 1.18. The molecule has 0 radical (unpaired) electrons. The van der Waals surface area contributed by atoms with Crippen LogP contribution in [0.3, 0.4) is 0 Å². The van der Waals surface area contributed by atoms with E-state index in [1.165, 1.54) is 58.0 Å². The Bertz CT molecular complexity index is 809. The fourth-order valence-corrected chi connectivity index (χ4v) is 2.93. The lowest BCUT2D eigenvalue weighted by Crippen LogP contribution is -2.63. The molecule has 0 spiro atoms. The molecule has 0 N–H and O–H groups in total. The van der Waals surface area contributed by atoms with Crippen molar-refractivity contribution in [3.63, 3.8) is 0 Å². The maximum absolute atomic E-state index is 12.2. The van der Waals surface area contributed by atoms with E-state index in [0.717, 1.165) is 0 Å². The number of hydrogen-bond donors (Lipinski definition) is 0. The Balaban J connectivity index is 0.000000621. The lowest BCUT2D eigenvalue weighted by molar-refractivity contribution is -0.696. The number of nitrogens with zero attached hydrogens (tertiary/aromatic N) is 2. The SMILES string of the molecule is CCCCCCn1cc[n+](CCCCC)c1.O=S(=O)([O-])C(F)(F)C(F)(F)C(F)(F)C(F)(F)F. The maximum Gasteiger partial charge on any atom is 0.460 e. The largest absolute Gasteiger partial charge is 0.743 e. The van der Waals surface area contributed by atoms with Crippen molar-refractivity contribution < 1.29 is 57.1 Å². The van der Waals surface area contributed by atoms with Gasteiger partial charge in [-0.05, 0) is 25.7 Å². The van der Waals surface area contributed by atoms with Crippen molar-refractivity contribution in [3.05, 3.63) is 18.7 Å². The molecular weight excluding hydrogens is 495 g/mol. The third-order valence-corrected chi connectivity index (χ3v) is 5.35. The van der Waals surface area contributed by atoms with Crippen LogP contribution in [0.2, 0.25) is 0 Å². The van der Waals surface area contributed by atoms with Crippen LogP contribution in [0.25, 0.3) is 0 Å². The highest BCUT2D eigenvalue weighted by molar-refractivity contribution is 7.86. The Morgan fingerprint density at radius 3 is 1.79 bits per heavy atom. The first-order chi connectivity index (χ1) is 14.9. The summed E-state index contributed by atoms with van der Waals surface area (Å²) in [6.45, 7) is 6.87. The molecule has 0 aliphatic rings. The summed E-state index contributed by atoms with van der Waals surface area (Å²) in [5.41, 5.74) is 0. The minimum atomic E-state index is -7.43. The molecule has 0 unspecified atom stereocenters. The van der Waals surface area contributed by atoms with Crippen molar-refractivity contribution in [3.8, 4) is 0 Å². The van der Waals surface area contributed by atoms with Crippen LogP contribution in [-0.2, 0) is 23.2 Å². The van der Waals surface area contributed by atoms with Gasteiger partial charge in [0.2, 0.25) is 6.33 Å². The lowest BCUT2D eigenvalue weighted by atomic mass is 10.1. The van der Waals surface area contributed by atoms with Gasteiger partial charge in [-0.2, -0.15) is 39.5 Å². The van der Waals surface area contributed by atoms with E-state index in [2.05, 4.69) is 41.7 Å². The molecule has 0 aliphatic carbocycles. The van der Waals surface area contributed by atoms with Gasteiger partial charge in [0, 0.05) is 0 Å². The van der Waals surface area contributed by atoms with Gasteiger partial charge >= 0.3 is 23.3 Å². The van der Waals surface area contributed by atoms with E-state index in [1.54, 1.807) is 0 Å². The molecule has 0 saturated heterocycles. The van der Waals surface area contributed by atoms with E-state index in [0.29, 0.717) is 0 Å². The van der Waals surface area contributed by atoms with Gasteiger partial charge in [-0.25, -0.2) is 17.6 Å². The number of imidazole rings is 1. The van der Waals surface area contributed by atoms with Crippen LogP contribution in [0.5, 0.6) is 0 Å². The fourth-order valence-electron chi connectivity index (χ4n) is 2.49.